The second kappa shape index (κ2) is 24.5. The quantitative estimate of drug-likeness (QED) is 0.126. The van der Waals surface area contributed by atoms with Gasteiger partial charge in [0.15, 0.2) is 0 Å². The Kier molecular flexibility index (Phi) is 19.0. The summed E-state index contributed by atoms with van der Waals surface area (Å²) in [6, 6.07) is 4.92. The molecule has 0 saturated carbocycles. The van der Waals surface area contributed by atoms with Crippen LogP contribution in [0.25, 0.3) is 0 Å². The molecule has 356 valence electrons. The fourth-order valence-corrected chi connectivity index (χ4v) is 8.55. The van der Waals surface area contributed by atoms with Crippen molar-refractivity contribution in [3.63, 3.8) is 0 Å². The van der Waals surface area contributed by atoms with Gasteiger partial charge in [0.2, 0.25) is 35.4 Å². The van der Waals surface area contributed by atoms with Gasteiger partial charge in [-0.25, -0.2) is 0 Å². The van der Waals surface area contributed by atoms with Crippen LogP contribution in [0, 0.1) is 0 Å². The van der Waals surface area contributed by atoms with Gasteiger partial charge in [-0.3, -0.25) is 33.6 Å². The van der Waals surface area contributed by atoms with Crippen LogP contribution in [-0.4, -0.2) is 141 Å². The Morgan fingerprint density at radius 2 is 1.28 bits per heavy atom. The number of unbranched alkanes of at least 4 members (excludes halogenated alkanes) is 5. The van der Waals surface area contributed by atoms with Crippen LogP contribution in [0.1, 0.15) is 114 Å². The number of hydrogen-bond acceptors (Lipinski definition) is 11. The van der Waals surface area contributed by atoms with Gasteiger partial charge in [0.1, 0.15) is 47.8 Å². The van der Waals surface area contributed by atoms with Gasteiger partial charge in [-0.2, -0.15) is 0 Å². The van der Waals surface area contributed by atoms with Crippen molar-refractivity contribution in [3.05, 3.63) is 59.7 Å². The molecular formula is C47H67N7O11. The molecule has 0 unspecified atom stereocenters. The summed E-state index contributed by atoms with van der Waals surface area (Å²) in [4.78, 5) is 100. The van der Waals surface area contributed by atoms with E-state index in [0.717, 1.165) is 19.3 Å². The van der Waals surface area contributed by atoms with Crippen LogP contribution in [0.4, 0.5) is 0 Å². The van der Waals surface area contributed by atoms with Gasteiger partial charge in [-0.1, -0.05) is 51.2 Å². The Labute approximate surface area is 380 Å². The molecule has 0 aromatic heterocycles. The van der Waals surface area contributed by atoms with Crippen molar-refractivity contribution >= 4 is 41.4 Å². The van der Waals surface area contributed by atoms with E-state index in [4.69, 9.17) is 4.74 Å². The van der Waals surface area contributed by atoms with Crippen molar-refractivity contribution < 1.29 is 53.6 Å². The smallest absolute Gasteiger partial charge is 0.251 e. The number of phenolic OH excluding ortho intramolecular Hbond substituents is 1. The zero-order chi connectivity index (χ0) is 47.0. The maximum Gasteiger partial charge on any atom is 0.251 e. The Hall–Kier alpha value is -5.75. The fraction of sp³-hybridized carbons (Fsp3) is 0.596. The normalized spacial score (nSPS) is 24.9. The highest BCUT2D eigenvalue weighted by Gasteiger charge is 2.42. The Balaban J connectivity index is 1.39. The van der Waals surface area contributed by atoms with E-state index in [-0.39, 0.29) is 63.1 Å². The van der Waals surface area contributed by atoms with Gasteiger partial charge in [0.25, 0.3) is 5.91 Å². The molecule has 3 saturated heterocycles. The highest BCUT2D eigenvalue weighted by Crippen LogP contribution is 2.23. The molecule has 0 bridgehead atoms. The van der Waals surface area contributed by atoms with Crippen LogP contribution < -0.4 is 31.3 Å². The Morgan fingerprint density at radius 1 is 0.708 bits per heavy atom. The number of aliphatic hydroxyl groups is 2. The molecule has 18 heteroatoms. The Morgan fingerprint density at radius 3 is 1.88 bits per heavy atom. The van der Waals surface area contributed by atoms with Gasteiger partial charge in [-0.05, 0) is 101 Å². The minimum Gasteiger partial charge on any atom is -0.508 e. The Bertz CT molecular complexity index is 1940. The van der Waals surface area contributed by atoms with Gasteiger partial charge >= 0.3 is 0 Å². The molecule has 3 fully saturated rings. The number of nitrogens with zero attached hydrogens (tertiary/aromatic N) is 2. The lowest BCUT2D eigenvalue weighted by atomic mass is 10.0. The number of phenols is 1. The van der Waals surface area contributed by atoms with Crippen LogP contribution in [0.2, 0.25) is 0 Å². The van der Waals surface area contributed by atoms with E-state index >= 15 is 0 Å². The lowest BCUT2D eigenvalue weighted by Crippen LogP contribution is -2.61. The summed E-state index contributed by atoms with van der Waals surface area (Å²) < 4.78 is 5.87. The van der Waals surface area contributed by atoms with Crippen molar-refractivity contribution in [1.29, 1.82) is 0 Å². The summed E-state index contributed by atoms with van der Waals surface area (Å²) in [5, 5.41) is 44.8. The number of rotatable bonds is 14. The zero-order valence-corrected chi connectivity index (χ0v) is 37.8. The van der Waals surface area contributed by atoms with Crippen molar-refractivity contribution in [2.24, 2.45) is 0 Å². The molecule has 3 heterocycles. The first kappa shape index (κ1) is 50.3. The lowest BCUT2D eigenvalue weighted by molar-refractivity contribution is -0.144. The molecular weight excluding hydrogens is 839 g/mol. The number of ether oxygens (including phenoxy) is 1. The molecule has 3 aliphatic rings. The molecule has 3 aliphatic heterocycles. The third-order valence-corrected chi connectivity index (χ3v) is 12.2. The van der Waals surface area contributed by atoms with E-state index in [2.05, 4.69) is 33.5 Å². The highest BCUT2D eigenvalue weighted by molar-refractivity contribution is 6.00. The molecule has 8 N–H and O–H groups in total. The average Bonchev–Trinajstić information content (AvgIpc) is 3.99. The number of aromatic hydroxyl groups is 1. The van der Waals surface area contributed by atoms with Crippen LogP contribution in [0.5, 0.6) is 11.5 Å². The number of carbonyl (C=O) groups is 7. The van der Waals surface area contributed by atoms with E-state index in [1.807, 2.05) is 0 Å². The number of aliphatic hydroxyl groups excluding tert-OH is 2. The molecule has 18 nitrogen and oxygen atoms in total. The van der Waals surface area contributed by atoms with Gasteiger partial charge in [0.05, 0.1) is 18.8 Å². The van der Waals surface area contributed by atoms with Crippen molar-refractivity contribution in [1.82, 2.24) is 36.4 Å². The number of hydrogen-bond donors (Lipinski definition) is 8. The summed E-state index contributed by atoms with van der Waals surface area (Å²) in [5.74, 6) is -4.22. The van der Waals surface area contributed by atoms with E-state index in [1.54, 1.807) is 36.4 Å². The fourth-order valence-electron chi connectivity index (χ4n) is 8.55. The summed E-state index contributed by atoms with van der Waals surface area (Å²) >= 11 is 0. The predicted molar refractivity (Wildman–Crippen MR) is 239 cm³/mol. The first-order chi connectivity index (χ1) is 31.2. The first-order valence-corrected chi connectivity index (χ1v) is 23.2. The molecule has 2 aromatic rings. The van der Waals surface area contributed by atoms with E-state index < -0.39 is 89.8 Å². The first-order valence-electron chi connectivity index (χ1n) is 23.2. The molecule has 5 rings (SSSR count). The van der Waals surface area contributed by atoms with Gasteiger partial charge < -0.3 is 56.4 Å². The van der Waals surface area contributed by atoms with E-state index in [9.17, 15) is 48.9 Å². The van der Waals surface area contributed by atoms with Crippen molar-refractivity contribution in [2.75, 3.05) is 26.2 Å². The number of benzene rings is 2. The van der Waals surface area contributed by atoms with Crippen LogP contribution in [0.15, 0.2) is 48.5 Å². The number of amides is 7. The largest absolute Gasteiger partial charge is 0.508 e. The second-order valence-corrected chi connectivity index (χ2v) is 17.4. The topological polar surface area (TPSA) is 256 Å². The highest BCUT2D eigenvalue weighted by atomic mass is 16.5. The summed E-state index contributed by atoms with van der Waals surface area (Å²) in [6.07, 6.45) is 5.33. The van der Waals surface area contributed by atoms with Crippen LogP contribution in [0.3, 0.4) is 0 Å². The monoisotopic (exact) mass is 905 g/mol. The molecule has 2 aromatic carbocycles. The molecule has 7 amide bonds. The minimum atomic E-state index is -1.57. The minimum absolute atomic E-state index is 0.0110. The third-order valence-electron chi connectivity index (χ3n) is 12.2. The second-order valence-electron chi connectivity index (χ2n) is 17.4. The van der Waals surface area contributed by atoms with Crippen LogP contribution in [-0.2, 0) is 35.2 Å². The average molecular weight is 906 g/mol. The van der Waals surface area contributed by atoms with Gasteiger partial charge in [-0.15, -0.1) is 0 Å². The van der Waals surface area contributed by atoms with E-state index in [0.29, 0.717) is 30.8 Å². The SMILES string of the molecule is CCCCCCCCOc1ccc(C(=O)N[C@H]2CCCNC(=O)[C@H]([C@@H](C)O)NC(=O)[C@@H]3CCCN3C(=O)[C@H](Cc3ccc(O)cc3)NC(=O)[C@H]([C@@H](C)O)NC(=O)[C@@H]3CCCN3C2=O)cc1. The number of fused-ring (bicyclic) bond motifs is 2. The summed E-state index contributed by atoms with van der Waals surface area (Å²) in [6.45, 7) is 5.65. The molecule has 0 aliphatic carbocycles. The van der Waals surface area contributed by atoms with Crippen molar-refractivity contribution in [2.45, 2.75) is 153 Å². The third kappa shape index (κ3) is 14.1. The number of nitrogens with one attached hydrogen (secondary N) is 5. The predicted octanol–water partition coefficient (Wildman–Crippen LogP) is 1.58. The molecule has 8 atom stereocenters. The summed E-state index contributed by atoms with van der Waals surface area (Å²) in [7, 11) is 0. The summed E-state index contributed by atoms with van der Waals surface area (Å²) in [5.41, 5.74) is 0.808. The van der Waals surface area contributed by atoms with E-state index in [1.165, 1.54) is 55.0 Å². The van der Waals surface area contributed by atoms with Crippen molar-refractivity contribution in [3.8, 4) is 11.5 Å². The zero-order valence-electron chi connectivity index (χ0n) is 37.8. The number of carbonyl (C=O) groups excluding carboxylic acids is 7. The van der Waals surface area contributed by atoms with Gasteiger partial charge in [0, 0.05) is 31.6 Å². The molecule has 0 spiro atoms. The standard InChI is InChI=1S/C47H67N7O11/c1-4-5-6-7-8-9-27-65-34-22-18-32(19-23-34)41(58)49-35-13-10-24-48-44(61)39(29(2)55)51-42(59)38-15-12-26-54(38)47(64)36(28-31-16-20-33(57)21-17-31)50-45(62)40(30(3)56)52-43(60)37-14-11-25-53(37)46(35)63/h16-23,29-30,35-40,55-57H,4-15,24-28H2,1-3H3,(H,48,61)(H,49,58)(H,50,62)(H,51,59)(H,52,60)/t29-,30-,35+,36+,37+,38+,39+,40+/m1/s1. The maximum absolute atomic E-state index is 14.4. The maximum atomic E-state index is 14.4. The molecule has 65 heavy (non-hydrogen) atoms. The molecule has 0 radical (unpaired) electrons. The lowest BCUT2D eigenvalue weighted by Gasteiger charge is -2.32. The van der Waals surface area contributed by atoms with Crippen LogP contribution >= 0.6 is 0 Å².